The molecule has 7 N–H and O–H groups in total. The number of aliphatic carboxylic acids is 1. The van der Waals surface area contributed by atoms with Crippen LogP contribution in [0.1, 0.15) is 98.3 Å². The average molecular weight is 688 g/mol. The van der Waals surface area contributed by atoms with E-state index in [1.165, 1.54) is 6.08 Å². The lowest BCUT2D eigenvalue weighted by Crippen LogP contribution is -2.50. The summed E-state index contributed by atoms with van der Waals surface area (Å²) in [4.78, 5) is 40.2. The van der Waals surface area contributed by atoms with Crippen molar-refractivity contribution in [2.75, 3.05) is 20.2 Å². The number of aliphatic imine (C=N–C) groups is 1. The fraction of sp³-hybridized carbons (Fsp3) is 0.676. The normalized spacial score (nSPS) is 26.2. The van der Waals surface area contributed by atoms with Gasteiger partial charge < -0.3 is 41.4 Å². The van der Waals surface area contributed by atoms with Crippen molar-refractivity contribution in [3.8, 4) is 0 Å². The van der Waals surface area contributed by atoms with Crippen LogP contribution in [0, 0.1) is 11.3 Å². The number of methoxy groups -OCH3 is 1. The van der Waals surface area contributed by atoms with Crippen molar-refractivity contribution in [2.24, 2.45) is 27.8 Å². The lowest BCUT2D eigenvalue weighted by molar-refractivity contribution is -0.263. The Morgan fingerprint density at radius 1 is 1.12 bits per heavy atom. The molecule has 2 heterocycles. The van der Waals surface area contributed by atoms with Crippen LogP contribution in [0.15, 0.2) is 53.6 Å². The first-order chi connectivity index (χ1) is 23.2. The van der Waals surface area contributed by atoms with E-state index in [1.54, 1.807) is 19.3 Å². The van der Waals surface area contributed by atoms with Crippen LogP contribution in [0.2, 0.25) is 0 Å². The number of ether oxygens (including phenoxy) is 3. The zero-order valence-electron chi connectivity index (χ0n) is 30.2. The number of carbonyl (C=O) groups is 3. The maximum Gasteiger partial charge on any atom is 0.326 e. The smallest absolute Gasteiger partial charge is 0.326 e. The molecule has 0 saturated carbocycles. The van der Waals surface area contributed by atoms with E-state index in [0.717, 1.165) is 50.5 Å². The molecular formula is C37H61N5O7. The number of nitrogens with one attached hydrogen (secondary N) is 2. The third-order valence-electron chi connectivity index (χ3n) is 9.53. The van der Waals surface area contributed by atoms with E-state index >= 15 is 0 Å². The predicted molar refractivity (Wildman–Crippen MR) is 192 cm³/mol. The summed E-state index contributed by atoms with van der Waals surface area (Å²) >= 11 is 0. The Hall–Kier alpha value is -3.48. The number of carboxylic acid groups (broad SMARTS) is 1. The zero-order chi connectivity index (χ0) is 36.5. The molecule has 0 bridgehead atoms. The van der Waals surface area contributed by atoms with E-state index in [2.05, 4.69) is 49.1 Å². The molecule has 49 heavy (non-hydrogen) atoms. The van der Waals surface area contributed by atoms with Gasteiger partial charge in [0, 0.05) is 38.6 Å². The number of carboxylic acids is 1. The first-order valence-electron chi connectivity index (χ1n) is 17.6. The molecule has 0 aromatic rings. The number of hydrogen-bond acceptors (Lipinski definition) is 7. The highest BCUT2D eigenvalue weighted by Gasteiger charge is 2.43. The van der Waals surface area contributed by atoms with Crippen LogP contribution in [0.3, 0.4) is 0 Å². The van der Waals surface area contributed by atoms with Gasteiger partial charge in [0.15, 0.2) is 11.7 Å². The topological polar surface area (TPSA) is 188 Å². The van der Waals surface area contributed by atoms with Crippen molar-refractivity contribution >= 4 is 23.7 Å². The molecule has 2 aliphatic rings. The van der Waals surface area contributed by atoms with Crippen LogP contribution >= 0.6 is 0 Å². The van der Waals surface area contributed by atoms with Gasteiger partial charge in [0.1, 0.15) is 6.04 Å². The quantitative estimate of drug-likeness (QED) is 0.0303. The Morgan fingerprint density at radius 2 is 1.86 bits per heavy atom. The maximum atomic E-state index is 12.9. The fourth-order valence-corrected chi connectivity index (χ4v) is 6.14. The summed E-state index contributed by atoms with van der Waals surface area (Å²) in [6.07, 6.45) is 18.9. The lowest BCUT2D eigenvalue weighted by atomic mass is 9.76. The van der Waals surface area contributed by atoms with Crippen LogP contribution in [0.5, 0.6) is 0 Å². The second-order valence-corrected chi connectivity index (χ2v) is 14.0. The van der Waals surface area contributed by atoms with E-state index in [-0.39, 0.29) is 54.4 Å². The number of hydrogen-bond donors (Lipinski definition) is 5. The van der Waals surface area contributed by atoms with Crippen LogP contribution < -0.4 is 22.1 Å². The molecule has 0 aliphatic carbocycles. The van der Waals surface area contributed by atoms with Crippen LogP contribution in [-0.2, 0) is 28.6 Å². The van der Waals surface area contributed by atoms with E-state index in [1.807, 2.05) is 19.1 Å². The minimum absolute atomic E-state index is 0.0166. The number of allylic oxidation sites excluding steroid dienone is 5. The Morgan fingerprint density at radius 3 is 2.53 bits per heavy atom. The number of guanidine groups is 1. The Labute approximate surface area is 292 Å². The molecule has 6 atom stereocenters. The summed E-state index contributed by atoms with van der Waals surface area (Å²) in [5, 5.41) is 14.8. The van der Waals surface area contributed by atoms with Crippen molar-refractivity contribution in [3.05, 3.63) is 48.6 Å². The van der Waals surface area contributed by atoms with Crippen LogP contribution in [-0.4, -0.2) is 79.2 Å². The van der Waals surface area contributed by atoms with E-state index in [4.69, 9.17) is 25.7 Å². The van der Waals surface area contributed by atoms with Gasteiger partial charge in [-0.1, -0.05) is 76.1 Å². The summed E-state index contributed by atoms with van der Waals surface area (Å²) in [5.41, 5.74) is 11.6. The Kier molecular flexibility index (Phi) is 17.8. The van der Waals surface area contributed by atoms with Crippen LogP contribution in [0.25, 0.3) is 0 Å². The predicted octanol–water partition coefficient (Wildman–Crippen LogP) is 4.65. The summed E-state index contributed by atoms with van der Waals surface area (Å²) < 4.78 is 18.3. The number of amides is 2. The first kappa shape index (κ1) is 41.7. The number of carbonyl (C=O) groups excluding carboxylic acids is 2. The fourth-order valence-electron chi connectivity index (χ4n) is 6.14. The molecular weight excluding hydrogens is 626 g/mol. The lowest BCUT2D eigenvalue weighted by Gasteiger charge is -2.43. The van der Waals surface area contributed by atoms with Gasteiger partial charge in [-0.2, -0.15) is 0 Å². The molecule has 2 aliphatic heterocycles. The van der Waals surface area contributed by atoms with Gasteiger partial charge in [-0.25, -0.2) is 4.79 Å². The molecule has 0 aromatic heterocycles. The third kappa shape index (κ3) is 15.3. The standard InChI is InChI=1S/C37H61N5O7/c1-26-23-37(47-6,49-28(3)27(26)2)24-33(44)41-25-29-20-21-36(4,5)31(48-29)18-14-12-10-8-7-9-11-13-15-19-32(43)42-30(34(45)46)17-16-22-40-35(38)39/h7,9,11,13,15,19,27-31H,1,8,10,12,14,16-18,20-25H2,2-6H3,(H,41,44)(H,42,43)(H,45,46)(H4,38,39,40)/b9-7+,13-11+,19-15+/t27-,28-,29?,30+,31-,37-/m1/s1. The number of nitrogens with zero attached hydrogens (tertiary/aromatic N) is 1. The van der Waals surface area contributed by atoms with Gasteiger partial charge in [0.05, 0.1) is 24.7 Å². The summed E-state index contributed by atoms with van der Waals surface area (Å²) in [7, 11) is 1.59. The maximum absolute atomic E-state index is 12.9. The van der Waals surface area contributed by atoms with Gasteiger partial charge in [0.25, 0.3) is 0 Å². The first-order valence-corrected chi connectivity index (χ1v) is 17.6. The van der Waals surface area contributed by atoms with Gasteiger partial charge in [0.2, 0.25) is 11.8 Å². The van der Waals surface area contributed by atoms with Crippen molar-refractivity contribution < 1.29 is 33.7 Å². The molecule has 0 aromatic carbocycles. The molecule has 2 saturated heterocycles. The molecule has 276 valence electrons. The van der Waals surface area contributed by atoms with Crippen molar-refractivity contribution in [2.45, 2.75) is 128 Å². The third-order valence-corrected chi connectivity index (χ3v) is 9.53. The van der Waals surface area contributed by atoms with Crippen LogP contribution in [0.4, 0.5) is 0 Å². The van der Waals surface area contributed by atoms with Gasteiger partial charge in [-0.3, -0.25) is 14.6 Å². The van der Waals surface area contributed by atoms with Gasteiger partial charge >= 0.3 is 5.97 Å². The minimum atomic E-state index is -1.11. The number of rotatable bonds is 20. The molecule has 1 unspecified atom stereocenters. The molecule has 12 nitrogen and oxygen atoms in total. The zero-order valence-corrected chi connectivity index (χ0v) is 30.2. The minimum Gasteiger partial charge on any atom is -0.480 e. The Bertz CT molecular complexity index is 1210. The van der Waals surface area contributed by atoms with E-state index in [0.29, 0.717) is 25.9 Å². The highest BCUT2D eigenvalue weighted by molar-refractivity contribution is 5.91. The highest BCUT2D eigenvalue weighted by atomic mass is 16.7. The Balaban J connectivity index is 1.66. The highest BCUT2D eigenvalue weighted by Crippen LogP contribution is 2.39. The second-order valence-electron chi connectivity index (χ2n) is 14.0. The monoisotopic (exact) mass is 687 g/mol. The van der Waals surface area contributed by atoms with E-state index < -0.39 is 23.7 Å². The van der Waals surface area contributed by atoms with E-state index in [9.17, 15) is 19.5 Å². The van der Waals surface area contributed by atoms with Crippen molar-refractivity contribution in [1.29, 1.82) is 0 Å². The molecule has 0 radical (unpaired) electrons. The van der Waals surface area contributed by atoms with Gasteiger partial charge in [-0.15, -0.1) is 0 Å². The average Bonchev–Trinajstić information content (AvgIpc) is 3.03. The molecule has 2 rings (SSSR count). The number of unbranched alkanes of at least 4 members (excludes halogenated alkanes) is 3. The summed E-state index contributed by atoms with van der Waals surface area (Å²) in [5.74, 6) is -2.50. The molecule has 2 fully saturated rings. The molecule has 12 heteroatoms. The molecule has 2 amide bonds. The van der Waals surface area contributed by atoms with Crippen molar-refractivity contribution in [1.82, 2.24) is 10.6 Å². The summed E-state index contributed by atoms with van der Waals surface area (Å²) in [6.45, 7) is 13.5. The largest absolute Gasteiger partial charge is 0.480 e. The summed E-state index contributed by atoms with van der Waals surface area (Å²) in [6, 6.07) is -1.01. The van der Waals surface area contributed by atoms with Crippen molar-refractivity contribution in [3.63, 3.8) is 0 Å². The second kappa shape index (κ2) is 20.9. The number of nitrogens with two attached hydrogens (primary N) is 2. The van der Waals surface area contributed by atoms with Gasteiger partial charge in [-0.05, 0) is 57.3 Å². The SMILES string of the molecule is C=C1C[C@@](CC(=O)NCC2CCC(C)(C)[C@@H](CCCCC/C=C/C=C/C=C/C(=O)N[C@@H](CCCN=C(N)N)C(=O)O)O2)(OC)O[C@H](C)[C@@H]1C. The molecule has 0 spiro atoms.